The van der Waals surface area contributed by atoms with Crippen molar-refractivity contribution in [1.29, 1.82) is 0 Å². The second-order valence-corrected chi connectivity index (χ2v) is 3.84. The molecule has 0 saturated carbocycles. The zero-order valence-electron chi connectivity index (χ0n) is 9.94. The fourth-order valence-corrected chi connectivity index (χ4v) is 1.54. The van der Waals surface area contributed by atoms with E-state index in [1.807, 2.05) is 0 Å². The molecule has 0 aliphatic rings. The maximum Gasteiger partial charge on any atom is 0.162 e. The summed E-state index contributed by atoms with van der Waals surface area (Å²) < 4.78 is 13.5. The number of anilines is 1. The van der Waals surface area contributed by atoms with Crippen LogP contribution in [0.15, 0.2) is 36.7 Å². The lowest BCUT2D eigenvalue weighted by molar-refractivity contribution is 0.630. The molecule has 0 spiro atoms. The van der Waals surface area contributed by atoms with Gasteiger partial charge in [0.05, 0.1) is 23.6 Å². The van der Waals surface area contributed by atoms with Crippen LogP contribution in [0.2, 0.25) is 0 Å². The molecule has 18 heavy (non-hydrogen) atoms. The summed E-state index contributed by atoms with van der Waals surface area (Å²) in [6, 6.07) is 6.45. The second kappa shape index (κ2) is 6.07. The molecule has 3 N–H and O–H groups in total. The molecule has 0 unspecified atom stereocenters. The summed E-state index contributed by atoms with van der Waals surface area (Å²) in [7, 11) is 0. The summed E-state index contributed by atoms with van der Waals surface area (Å²) in [6.45, 7) is 1.42. The molecule has 1 heterocycles. The Labute approximate surface area is 105 Å². The van der Waals surface area contributed by atoms with Crippen LogP contribution >= 0.6 is 0 Å². The van der Waals surface area contributed by atoms with Gasteiger partial charge in [0, 0.05) is 6.54 Å². The van der Waals surface area contributed by atoms with Gasteiger partial charge < -0.3 is 11.1 Å². The SMILES string of the molecule is NCCCNc1cnc(-c2ccccc2F)nc1. The number of hydrogen-bond donors (Lipinski definition) is 2. The number of nitrogens with two attached hydrogens (primary N) is 1. The van der Waals surface area contributed by atoms with E-state index in [-0.39, 0.29) is 5.82 Å². The minimum atomic E-state index is -0.318. The van der Waals surface area contributed by atoms with Crippen LogP contribution in [-0.2, 0) is 0 Å². The summed E-state index contributed by atoms with van der Waals surface area (Å²) in [5, 5.41) is 3.14. The first-order valence-corrected chi connectivity index (χ1v) is 5.82. The van der Waals surface area contributed by atoms with Gasteiger partial charge in [0.15, 0.2) is 5.82 Å². The van der Waals surface area contributed by atoms with Crippen molar-refractivity contribution in [2.45, 2.75) is 6.42 Å². The second-order valence-electron chi connectivity index (χ2n) is 3.84. The van der Waals surface area contributed by atoms with E-state index in [4.69, 9.17) is 5.73 Å². The maximum atomic E-state index is 13.5. The molecule has 0 radical (unpaired) electrons. The lowest BCUT2D eigenvalue weighted by Gasteiger charge is -2.05. The van der Waals surface area contributed by atoms with Gasteiger partial charge in [-0.25, -0.2) is 14.4 Å². The maximum absolute atomic E-state index is 13.5. The van der Waals surface area contributed by atoms with Gasteiger partial charge >= 0.3 is 0 Å². The Morgan fingerprint density at radius 3 is 2.56 bits per heavy atom. The summed E-state index contributed by atoms with van der Waals surface area (Å²) in [6.07, 6.45) is 4.17. The average molecular weight is 246 g/mol. The third-order valence-corrected chi connectivity index (χ3v) is 2.48. The smallest absolute Gasteiger partial charge is 0.162 e. The van der Waals surface area contributed by atoms with Crippen molar-refractivity contribution in [3.63, 3.8) is 0 Å². The minimum Gasteiger partial charge on any atom is -0.383 e. The number of rotatable bonds is 5. The largest absolute Gasteiger partial charge is 0.383 e. The van der Waals surface area contributed by atoms with E-state index in [0.717, 1.165) is 18.7 Å². The van der Waals surface area contributed by atoms with E-state index in [9.17, 15) is 4.39 Å². The molecule has 1 aromatic carbocycles. The average Bonchev–Trinajstić information content (AvgIpc) is 2.41. The number of nitrogens with zero attached hydrogens (tertiary/aromatic N) is 2. The quantitative estimate of drug-likeness (QED) is 0.792. The number of benzene rings is 1. The molecule has 4 nitrogen and oxygen atoms in total. The highest BCUT2D eigenvalue weighted by molar-refractivity contribution is 5.56. The Morgan fingerprint density at radius 2 is 1.89 bits per heavy atom. The standard InChI is InChI=1S/C13H15FN4/c14-12-5-2-1-4-11(12)13-17-8-10(9-18-13)16-7-3-6-15/h1-2,4-5,8-9,16H,3,6-7,15H2. The van der Waals surface area contributed by atoms with Gasteiger partial charge in [-0.15, -0.1) is 0 Å². The normalized spacial score (nSPS) is 10.3. The first kappa shape index (κ1) is 12.4. The highest BCUT2D eigenvalue weighted by Gasteiger charge is 2.06. The Bertz CT molecular complexity index is 499. The minimum absolute atomic E-state index is 0.318. The Kier molecular flexibility index (Phi) is 4.20. The van der Waals surface area contributed by atoms with Crippen LogP contribution in [-0.4, -0.2) is 23.1 Å². The molecule has 2 aromatic rings. The van der Waals surface area contributed by atoms with E-state index in [2.05, 4.69) is 15.3 Å². The van der Waals surface area contributed by atoms with Crippen LogP contribution in [0.3, 0.4) is 0 Å². The third kappa shape index (κ3) is 3.01. The summed E-state index contributed by atoms with van der Waals surface area (Å²) in [5.74, 6) is 0.0683. The zero-order chi connectivity index (χ0) is 12.8. The summed E-state index contributed by atoms with van der Waals surface area (Å²) >= 11 is 0. The molecule has 2 rings (SSSR count). The lowest BCUT2D eigenvalue weighted by atomic mass is 10.2. The first-order chi connectivity index (χ1) is 8.81. The number of halogens is 1. The summed E-state index contributed by atoms with van der Waals surface area (Å²) in [4.78, 5) is 8.29. The Balaban J connectivity index is 2.10. The van der Waals surface area contributed by atoms with Gasteiger partial charge in [0.2, 0.25) is 0 Å². The van der Waals surface area contributed by atoms with Crippen molar-refractivity contribution in [2.75, 3.05) is 18.4 Å². The molecule has 0 fully saturated rings. The van der Waals surface area contributed by atoms with E-state index in [1.54, 1.807) is 30.6 Å². The van der Waals surface area contributed by atoms with Gasteiger partial charge in [-0.1, -0.05) is 12.1 Å². The van der Waals surface area contributed by atoms with Crippen LogP contribution in [0.1, 0.15) is 6.42 Å². The molecule has 0 saturated heterocycles. The van der Waals surface area contributed by atoms with Gasteiger partial charge in [-0.05, 0) is 25.1 Å². The van der Waals surface area contributed by atoms with Gasteiger partial charge in [-0.2, -0.15) is 0 Å². The fraction of sp³-hybridized carbons (Fsp3) is 0.231. The van der Waals surface area contributed by atoms with Crippen molar-refractivity contribution >= 4 is 5.69 Å². The fourth-order valence-electron chi connectivity index (χ4n) is 1.54. The van der Waals surface area contributed by atoms with Crippen LogP contribution in [0.25, 0.3) is 11.4 Å². The Morgan fingerprint density at radius 1 is 1.17 bits per heavy atom. The lowest BCUT2D eigenvalue weighted by Crippen LogP contribution is -2.08. The zero-order valence-corrected chi connectivity index (χ0v) is 9.94. The van der Waals surface area contributed by atoms with Crippen LogP contribution < -0.4 is 11.1 Å². The molecule has 0 bridgehead atoms. The van der Waals surface area contributed by atoms with Crippen molar-refractivity contribution in [3.05, 3.63) is 42.5 Å². The molecule has 0 atom stereocenters. The number of hydrogen-bond acceptors (Lipinski definition) is 4. The molecular formula is C13H15FN4. The highest BCUT2D eigenvalue weighted by Crippen LogP contribution is 2.18. The predicted octanol–water partition coefficient (Wildman–Crippen LogP) is 2.04. The molecule has 94 valence electrons. The number of nitrogens with one attached hydrogen (secondary N) is 1. The molecule has 0 aliphatic carbocycles. The van der Waals surface area contributed by atoms with Gasteiger partial charge in [-0.3, -0.25) is 0 Å². The summed E-state index contributed by atoms with van der Waals surface area (Å²) in [5.41, 5.74) is 6.61. The molecule has 0 aliphatic heterocycles. The van der Waals surface area contributed by atoms with Crippen LogP contribution in [0.4, 0.5) is 10.1 Å². The highest BCUT2D eigenvalue weighted by atomic mass is 19.1. The van der Waals surface area contributed by atoms with E-state index in [0.29, 0.717) is 17.9 Å². The van der Waals surface area contributed by atoms with Crippen molar-refractivity contribution in [3.8, 4) is 11.4 Å². The van der Waals surface area contributed by atoms with Crippen molar-refractivity contribution in [2.24, 2.45) is 5.73 Å². The van der Waals surface area contributed by atoms with Crippen molar-refractivity contribution < 1.29 is 4.39 Å². The Hall–Kier alpha value is -2.01. The van der Waals surface area contributed by atoms with Crippen LogP contribution in [0, 0.1) is 5.82 Å². The van der Waals surface area contributed by atoms with Gasteiger partial charge in [0.25, 0.3) is 0 Å². The molecular weight excluding hydrogens is 231 g/mol. The van der Waals surface area contributed by atoms with E-state index in [1.165, 1.54) is 6.07 Å². The first-order valence-electron chi connectivity index (χ1n) is 5.82. The van der Waals surface area contributed by atoms with Gasteiger partial charge in [0.1, 0.15) is 5.82 Å². The predicted molar refractivity (Wildman–Crippen MR) is 69.6 cm³/mol. The van der Waals surface area contributed by atoms with Crippen LogP contribution in [0.5, 0.6) is 0 Å². The van der Waals surface area contributed by atoms with E-state index < -0.39 is 0 Å². The van der Waals surface area contributed by atoms with E-state index >= 15 is 0 Å². The van der Waals surface area contributed by atoms with Crippen molar-refractivity contribution in [1.82, 2.24) is 9.97 Å². The molecule has 5 heteroatoms. The molecule has 1 aromatic heterocycles. The number of aromatic nitrogens is 2. The third-order valence-electron chi connectivity index (χ3n) is 2.48. The monoisotopic (exact) mass is 246 g/mol. The topological polar surface area (TPSA) is 63.8 Å². The molecule has 0 amide bonds.